The first-order valence-electron chi connectivity index (χ1n) is 5.20. The Hall–Kier alpha value is -0.830. The number of hydrogen-bond donors (Lipinski definition) is 1. The summed E-state index contributed by atoms with van der Waals surface area (Å²) in [4.78, 5) is 4.39. The first-order chi connectivity index (χ1) is 6.57. The van der Waals surface area contributed by atoms with Crippen molar-refractivity contribution >= 4 is 0 Å². The predicted octanol–water partition coefficient (Wildman–Crippen LogP) is 1.56. The van der Waals surface area contributed by atoms with Gasteiger partial charge in [-0.3, -0.25) is 0 Å². The molecule has 0 amide bonds. The molecule has 78 valence electrons. The van der Waals surface area contributed by atoms with Gasteiger partial charge in [-0.25, -0.2) is 4.98 Å². The number of aromatic nitrogens is 2. The van der Waals surface area contributed by atoms with E-state index in [4.69, 9.17) is 0 Å². The summed E-state index contributed by atoms with van der Waals surface area (Å²) in [6, 6.07) is 0. The van der Waals surface area contributed by atoms with Crippen LogP contribution in [-0.2, 0) is 12.0 Å². The van der Waals surface area contributed by atoms with Crippen molar-refractivity contribution in [2.75, 3.05) is 6.61 Å². The molecule has 1 unspecified atom stereocenters. The van der Waals surface area contributed by atoms with E-state index in [1.165, 1.54) is 0 Å². The minimum absolute atomic E-state index is 0.0908. The number of hydrogen-bond acceptors (Lipinski definition) is 2. The van der Waals surface area contributed by atoms with E-state index in [9.17, 15) is 5.11 Å². The van der Waals surface area contributed by atoms with Crippen LogP contribution >= 0.6 is 0 Å². The van der Waals surface area contributed by atoms with Crippen LogP contribution in [0.5, 0.6) is 0 Å². The number of aliphatic hydroxyl groups is 1. The van der Waals surface area contributed by atoms with Gasteiger partial charge in [-0.1, -0.05) is 13.8 Å². The molecule has 3 nitrogen and oxygen atoms in total. The van der Waals surface area contributed by atoms with Gasteiger partial charge in [0.25, 0.3) is 0 Å². The molecule has 1 aromatic heterocycles. The van der Waals surface area contributed by atoms with Crippen LogP contribution in [0.25, 0.3) is 0 Å². The monoisotopic (exact) mass is 194 g/mol. The molecule has 1 aliphatic carbocycles. The minimum Gasteiger partial charge on any atom is -0.395 e. The van der Waals surface area contributed by atoms with Gasteiger partial charge in [0.2, 0.25) is 0 Å². The van der Waals surface area contributed by atoms with Crippen molar-refractivity contribution < 1.29 is 5.11 Å². The van der Waals surface area contributed by atoms with E-state index in [1.54, 1.807) is 0 Å². The van der Waals surface area contributed by atoms with E-state index >= 15 is 0 Å². The standard InChI is InChI=1S/C11H18N2O/c1-4-13-6-5-12-9(13)11(8-14)7-10(11,2)3/h5-6,14H,4,7-8H2,1-3H3. The van der Waals surface area contributed by atoms with Gasteiger partial charge in [-0.05, 0) is 18.8 Å². The molecule has 0 spiro atoms. The van der Waals surface area contributed by atoms with Crippen LogP contribution in [0.2, 0.25) is 0 Å². The number of aryl methyl sites for hydroxylation is 1. The van der Waals surface area contributed by atoms with E-state index in [2.05, 4.69) is 30.3 Å². The quantitative estimate of drug-likeness (QED) is 0.793. The summed E-state index contributed by atoms with van der Waals surface area (Å²) in [6.07, 6.45) is 4.85. The highest BCUT2D eigenvalue weighted by Crippen LogP contribution is 2.63. The number of rotatable bonds is 3. The summed E-state index contributed by atoms with van der Waals surface area (Å²) in [5, 5.41) is 9.53. The Labute approximate surface area is 84.8 Å². The molecule has 1 aliphatic rings. The van der Waals surface area contributed by atoms with Crippen molar-refractivity contribution in [2.24, 2.45) is 5.41 Å². The maximum Gasteiger partial charge on any atom is 0.117 e. The third-order valence-electron chi connectivity index (χ3n) is 3.67. The first-order valence-corrected chi connectivity index (χ1v) is 5.20. The fourth-order valence-corrected chi connectivity index (χ4v) is 2.42. The molecule has 1 heterocycles. The normalized spacial score (nSPS) is 29.1. The third kappa shape index (κ3) is 1.05. The number of imidazole rings is 1. The molecule has 1 saturated carbocycles. The average Bonchev–Trinajstić information content (AvgIpc) is 2.56. The van der Waals surface area contributed by atoms with Crippen LogP contribution in [0.15, 0.2) is 12.4 Å². The summed E-state index contributed by atoms with van der Waals surface area (Å²) < 4.78 is 2.13. The molecule has 0 aromatic carbocycles. The molecule has 1 aromatic rings. The summed E-state index contributed by atoms with van der Waals surface area (Å²) in [5.41, 5.74) is 0.104. The maximum atomic E-state index is 9.53. The smallest absolute Gasteiger partial charge is 0.117 e. The first kappa shape index (κ1) is 9.71. The second-order valence-electron chi connectivity index (χ2n) is 4.84. The van der Waals surface area contributed by atoms with Gasteiger partial charge in [0.1, 0.15) is 5.82 Å². The van der Waals surface area contributed by atoms with E-state index in [0.29, 0.717) is 0 Å². The largest absolute Gasteiger partial charge is 0.395 e. The highest BCUT2D eigenvalue weighted by molar-refractivity contribution is 5.28. The van der Waals surface area contributed by atoms with Crippen LogP contribution in [-0.4, -0.2) is 21.3 Å². The van der Waals surface area contributed by atoms with Gasteiger partial charge in [0.15, 0.2) is 0 Å². The van der Waals surface area contributed by atoms with E-state index < -0.39 is 0 Å². The fourth-order valence-electron chi connectivity index (χ4n) is 2.42. The van der Waals surface area contributed by atoms with E-state index in [-0.39, 0.29) is 17.4 Å². The van der Waals surface area contributed by atoms with Gasteiger partial charge in [0.05, 0.1) is 12.0 Å². The number of nitrogens with zero attached hydrogens (tertiary/aromatic N) is 2. The molecule has 14 heavy (non-hydrogen) atoms. The lowest BCUT2D eigenvalue weighted by Crippen LogP contribution is -2.24. The number of aliphatic hydroxyl groups excluding tert-OH is 1. The van der Waals surface area contributed by atoms with Crippen LogP contribution in [0.4, 0.5) is 0 Å². The Kier molecular flexibility index (Phi) is 1.96. The van der Waals surface area contributed by atoms with Crippen LogP contribution < -0.4 is 0 Å². The molecule has 0 aliphatic heterocycles. The lowest BCUT2D eigenvalue weighted by molar-refractivity contribution is 0.222. The van der Waals surface area contributed by atoms with Crippen molar-refractivity contribution in [1.29, 1.82) is 0 Å². The second kappa shape index (κ2) is 2.83. The fraction of sp³-hybridized carbons (Fsp3) is 0.727. The molecule has 2 rings (SSSR count). The van der Waals surface area contributed by atoms with Crippen molar-refractivity contribution in [3.63, 3.8) is 0 Å². The van der Waals surface area contributed by atoms with Gasteiger partial charge in [0, 0.05) is 18.9 Å². The van der Waals surface area contributed by atoms with Gasteiger partial charge >= 0.3 is 0 Å². The zero-order valence-corrected chi connectivity index (χ0v) is 9.12. The summed E-state index contributed by atoms with van der Waals surface area (Å²) in [6.45, 7) is 7.62. The van der Waals surface area contributed by atoms with Crippen molar-refractivity contribution in [2.45, 2.75) is 39.2 Å². The second-order valence-corrected chi connectivity index (χ2v) is 4.84. The third-order valence-corrected chi connectivity index (χ3v) is 3.67. The van der Waals surface area contributed by atoms with E-state index in [0.717, 1.165) is 18.8 Å². The molecule has 0 saturated heterocycles. The minimum atomic E-state index is -0.0908. The SMILES string of the molecule is CCn1ccnc1C1(CO)CC1(C)C. The van der Waals surface area contributed by atoms with Crippen molar-refractivity contribution in [3.05, 3.63) is 18.2 Å². The van der Waals surface area contributed by atoms with Crippen molar-refractivity contribution in [1.82, 2.24) is 9.55 Å². The predicted molar refractivity (Wildman–Crippen MR) is 55.1 cm³/mol. The van der Waals surface area contributed by atoms with Crippen molar-refractivity contribution in [3.8, 4) is 0 Å². The van der Waals surface area contributed by atoms with Crippen LogP contribution in [0, 0.1) is 5.41 Å². The summed E-state index contributed by atoms with van der Waals surface area (Å²) in [7, 11) is 0. The molecule has 1 fully saturated rings. The lowest BCUT2D eigenvalue weighted by atomic mass is 9.96. The molecule has 0 bridgehead atoms. The van der Waals surface area contributed by atoms with Gasteiger partial charge < -0.3 is 9.67 Å². The highest BCUT2D eigenvalue weighted by atomic mass is 16.3. The molecule has 0 radical (unpaired) electrons. The molecule has 1 N–H and O–H groups in total. The Balaban J connectivity index is 2.40. The average molecular weight is 194 g/mol. The van der Waals surface area contributed by atoms with E-state index in [1.807, 2.05) is 12.4 Å². The Morgan fingerprint density at radius 3 is 2.64 bits per heavy atom. The Morgan fingerprint density at radius 1 is 1.57 bits per heavy atom. The molecule has 1 atom stereocenters. The lowest BCUT2D eigenvalue weighted by Gasteiger charge is -2.18. The van der Waals surface area contributed by atoms with Crippen LogP contribution in [0.3, 0.4) is 0 Å². The van der Waals surface area contributed by atoms with Crippen LogP contribution in [0.1, 0.15) is 33.0 Å². The zero-order chi connectivity index (χ0) is 10.4. The molecule has 3 heteroatoms. The highest BCUT2D eigenvalue weighted by Gasteiger charge is 2.64. The van der Waals surface area contributed by atoms with Gasteiger partial charge in [-0.2, -0.15) is 0 Å². The molecular weight excluding hydrogens is 176 g/mol. The zero-order valence-electron chi connectivity index (χ0n) is 9.12. The van der Waals surface area contributed by atoms with Gasteiger partial charge in [-0.15, -0.1) is 0 Å². The topological polar surface area (TPSA) is 38.0 Å². The molecular formula is C11H18N2O. The summed E-state index contributed by atoms with van der Waals surface area (Å²) in [5.74, 6) is 1.05. The maximum absolute atomic E-state index is 9.53. The Bertz CT molecular complexity index is 343. The Morgan fingerprint density at radius 2 is 2.21 bits per heavy atom. The summed E-state index contributed by atoms with van der Waals surface area (Å²) >= 11 is 0.